The van der Waals surface area contributed by atoms with Gasteiger partial charge in [-0.3, -0.25) is 14.6 Å². The molecule has 6 heteroatoms. The first-order valence-electron chi connectivity index (χ1n) is 5.56. The molecule has 2 unspecified atom stereocenters. The Balaban J connectivity index is 2.11. The number of pyridine rings is 1. The van der Waals surface area contributed by atoms with Gasteiger partial charge in [-0.1, -0.05) is 0 Å². The molecule has 1 saturated carbocycles. The SMILES string of the molecule is NC1CCCC1NC(=O)c1cc(O)[nH]c(=O)c1. The zero-order valence-corrected chi connectivity index (χ0v) is 9.27. The van der Waals surface area contributed by atoms with Crippen LogP contribution in [-0.2, 0) is 0 Å². The molecule has 1 aliphatic carbocycles. The minimum atomic E-state index is -0.508. The number of aromatic amines is 1. The Kier molecular flexibility index (Phi) is 3.14. The van der Waals surface area contributed by atoms with Crippen LogP contribution in [0.1, 0.15) is 29.6 Å². The molecular formula is C11H15N3O3. The van der Waals surface area contributed by atoms with Gasteiger partial charge in [0.25, 0.3) is 11.5 Å². The molecule has 17 heavy (non-hydrogen) atoms. The maximum atomic E-state index is 11.8. The lowest BCUT2D eigenvalue weighted by Crippen LogP contribution is -2.44. The fourth-order valence-electron chi connectivity index (χ4n) is 2.08. The molecule has 1 aliphatic rings. The molecule has 1 fully saturated rings. The largest absolute Gasteiger partial charge is 0.494 e. The van der Waals surface area contributed by atoms with Crippen molar-refractivity contribution >= 4 is 5.91 Å². The van der Waals surface area contributed by atoms with Gasteiger partial charge in [0.05, 0.1) is 5.56 Å². The number of hydrogen-bond acceptors (Lipinski definition) is 4. The summed E-state index contributed by atoms with van der Waals surface area (Å²) in [6, 6.07) is 2.28. The van der Waals surface area contributed by atoms with Crippen molar-refractivity contribution in [2.75, 3.05) is 0 Å². The Morgan fingerprint density at radius 1 is 1.47 bits per heavy atom. The molecule has 5 N–H and O–H groups in total. The Morgan fingerprint density at radius 3 is 2.82 bits per heavy atom. The molecular weight excluding hydrogens is 222 g/mol. The van der Waals surface area contributed by atoms with Crippen molar-refractivity contribution < 1.29 is 9.90 Å². The predicted octanol–water partition coefficient (Wildman–Crippen LogP) is -0.310. The maximum absolute atomic E-state index is 11.8. The average molecular weight is 237 g/mol. The van der Waals surface area contributed by atoms with Gasteiger partial charge in [-0.15, -0.1) is 0 Å². The number of aromatic hydroxyl groups is 1. The summed E-state index contributed by atoms with van der Waals surface area (Å²) < 4.78 is 0. The van der Waals surface area contributed by atoms with Crippen LogP contribution in [0.25, 0.3) is 0 Å². The molecule has 1 heterocycles. The van der Waals surface area contributed by atoms with Crippen molar-refractivity contribution in [1.82, 2.24) is 10.3 Å². The summed E-state index contributed by atoms with van der Waals surface area (Å²) in [7, 11) is 0. The number of amides is 1. The quantitative estimate of drug-likeness (QED) is 0.565. The van der Waals surface area contributed by atoms with Crippen LogP contribution in [0.5, 0.6) is 5.88 Å². The van der Waals surface area contributed by atoms with Crippen LogP contribution in [0.3, 0.4) is 0 Å². The Labute approximate surface area is 97.8 Å². The van der Waals surface area contributed by atoms with Crippen LogP contribution in [0.15, 0.2) is 16.9 Å². The molecule has 6 nitrogen and oxygen atoms in total. The summed E-state index contributed by atoms with van der Waals surface area (Å²) in [4.78, 5) is 25.1. The summed E-state index contributed by atoms with van der Waals surface area (Å²) in [6.45, 7) is 0. The van der Waals surface area contributed by atoms with Crippen LogP contribution in [0, 0.1) is 0 Å². The first-order chi connectivity index (χ1) is 8.06. The number of carbonyl (C=O) groups excluding carboxylic acids is 1. The number of aromatic nitrogens is 1. The average Bonchev–Trinajstić information content (AvgIpc) is 2.63. The van der Waals surface area contributed by atoms with Gasteiger partial charge in [-0.2, -0.15) is 0 Å². The van der Waals surface area contributed by atoms with E-state index in [0.29, 0.717) is 0 Å². The molecule has 2 atom stereocenters. The second kappa shape index (κ2) is 4.58. The Hall–Kier alpha value is -1.82. The number of H-pyrrole nitrogens is 1. The van der Waals surface area contributed by atoms with Gasteiger partial charge in [0.15, 0.2) is 5.88 Å². The second-order valence-corrected chi connectivity index (χ2v) is 4.29. The van der Waals surface area contributed by atoms with Crippen LogP contribution in [0.2, 0.25) is 0 Å². The van der Waals surface area contributed by atoms with E-state index in [4.69, 9.17) is 5.73 Å². The van der Waals surface area contributed by atoms with Crippen LogP contribution in [0.4, 0.5) is 0 Å². The molecule has 1 amide bonds. The predicted molar refractivity (Wildman–Crippen MR) is 61.8 cm³/mol. The van der Waals surface area contributed by atoms with Crippen molar-refractivity contribution in [1.29, 1.82) is 0 Å². The summed E-state index contributed by atoms with van der Waals surface area (Å²) in [6.07, 6.45) is 2.74. The number of hydrogen-bond donors (Lipinski definition) is 4. The molecule has 0 spiro atoms. The van der Waals surface area contributed by atoms with Crippen molar-refractivity contribution in [3.8, 4) is 5.88 Å². The molecule has 92 valence electrons. The van der Waals surface area contributed by atoms with E-state index < -0.39 is 5.56 Å². The van der Waals surface area contributed by atoms with E-state index in [1.807, 2.05) is 0 Å². The lowest BCUT2D eigenvalue weighted by Gasteiger charge is -2.17. The smallest absolute Gasteiger partial charge is 0.251 e. The summed E-state index contributed by atoms with van der Waals surface area (Å²) >= 11 is 0. The van der Waals surface area contributed by atoms with Crippen molar-refractivity contribution in [3.05, 3.63) is 28.0 Å². The highest BCUT2D eigenvalue weighted by atomic mass is 16.3. The van der Waals surface area contributed by atoms with Crippen molar-refractivity contribution in [3.63, 3.8) is 0 Å². The van der Waals surface area contributed by atoms with E-state index in [1.165, 1.54) is 6.07 Å². The van der Waals surface area contributed by atoms with E-state index in [1.54, 1.807) is 0 Å². The second-order valence-electron chi connectivity index (χ2n) is 4.29. The zero-order chi connectivity index (χ0) is 12.4. The van der Waals surface area contributed by atoms with Gasteiger partial charge in [0, 0.05) is 24.2 Å². The third kappa shape index (κ3) is 2.65. The molecule has 0 saturated heterocycles. The third-order valence-corrected chi connectivity index (χ3v) is 2.98. The van der Waals surface area contributed by atoms with Crippen molar-refractivity contribution in [2.24, 2.45) is 5.73 Å². The summed E-state index contributed by atoms with van der Waals surface area (Å²) in [5.41, 5.74) is 5.47. The van der Waals surface area contributed by atoms with Gasteiger partial charge < -0.3 is 16.2 Å². The van der Waals surface area contributed by atoms with Gasteiger partial charge in [-0.25, -0.2) is 0 Å². The van der Waals surface area contributed by atoms with Crippen molar-refractivity contribution in [2.45, 2.75) is 31.3 Å². The van der Waals surface area contributed by atoms with E-state index in [0.717, 1.165) is 25.3 Å². The Bertz CT molecular complexity index is 483. The number of carbonyl (C=O) groups is 1. The van der Waals surface area contributed by atoms with Gasteiger partial charge in [0.2, 0.25) is 0 Å². The molecule has 1 aromatic rings. The Morgan fingerprint density at radius 2 is 2.24 bits per heavy atom. The van der Waals surface area contributed by atoms with Crippen LogP contribution < -0.4 is 16.6 Å². The van der Waals surface area contributed by atoms with E-state index in [-0.39, 0.29) is 29.4 Å². The van der Waals surface area contributed by atoms with E-state index >= 15 is 0 Å². The fraction of sp³-hybridized carbons (Fsp3) is 0.455. The highest BCUT2D eigenvalue weighted by Crippen LogP contribution is 2.17. The molecule has 0 aliphatic heterocycles. The van der Waals surface area contributed by atoms with Crippen LogP contribution >= 0.6 is 0 Å². The standard InChI is InChI=1S/C11H15N3O3/c12-7-2-1-3-8(7)13-11(17)6-4-9(15)14-10(16)5-6/h4-5,7-8H,1-3,12H2,(H,13,17)(H2,14,15,16). The fourth-order valence-corrected chi connectivity index (χ4v) is 2.08. The van der Waals surface area contributed by atoms with Crippen LogP contribution in [-0.4, -0.2) is 28.1 Å². The first kappa shape index (κ1) is 11.7. The highest BCUT2D eigenvalue weighted by molar-refractivity contribution is 5.94. The maximum Gasteiger partial charge on any atom is 0.251 e. The monoisotopic (exact) mass is 237 g/mol. The normalized spacial score (nSPS) is 23.6. The number of nitrogens with one attached hydrogen (secondary N) is 2. The number of nitrogens with two attached hydrogens (primary N) is 1. The minimum absolute atomic E-state index is 0.0328. The highest BCUT2D eigenvalue weighted by Gasteiger charge is 2.25. The van der Waals surface area contributed by atoms with E-state index in [2.05, 4.69) is 10.3 Å². The van der Waals surface area contributed by atoms with Gasteiger partial charge >= 0.3 is 0 Å². The molecule has 0 radical (unpaired) electrons. The molecule has 2 rings (SSSR count). The first-order valence-corrected chi connectivity index (χ1v) is 5.56. The molecule has 1 aromatic heterocycles. The van der Waals surface area contributed by atoms with E-state index in [9.17, 15) is 14.7 Å². The number of rotatable bonds is 2. The summed E-state index contributed by atoms with van der Waals surface area (Å²) in [5.74, 6) is -0.702. The lowest BCUT2D eigenvalue weighted by atomic mass is 10.1. The zero-order valence-electron chi connectivity index (χ0n) is 9.27. The topological polar surface area (TPSA) is 108 Å². The minimum Gasteiger partial charge on any atom is -0.494 e. The summed E-state index contributed by atoms with van der Waals surface area (Å²) in [5, 5.41) is 12.0. The lowest BCUT2D eigenvalue weighted by molar-refractivity contribution is 0.0934. The molecule has 0 bridgehead atoms. The third-order valence-electron chi connectivity index (χ3n) is 2.98. The molecule has 0 aromatic carbocycles. The van der Waals surface area contributed by atoms with Gasteiger partial charge in [-0.05, 0) is 19.3 Å². The van der Waals surface area contributed by atoms with Gasteiger partial charge in [0.1, 0.15) is 0 Å².